The Bertz CT molecular complexity index is 684. The molecule has 0 unspecified atom stereocenters. The molecule has 0 amide bonds. The van der Waals surface area contributed by atoms with Crippen molar-refractivity contribution < 1.29 is 0 Å². The third-order valence-corrected chi connectivity index (χ3v) is 4.42. The Morgan fingerprint density at radius 2 is 1.96 bits per heavy atom. The minimum Gasteiger partial charge on any atom is -0.330 e. The second-order valence-corrected chi connectivity index (χ2v) is 6.58. The van der Waals surface area contributed by atoms with Gasteiger partial charge in [-0.05, 0) is 44.4 Å². The van der Waals surface area contributed by atoms with Crippen molar-refractivity contribution in [3.8, 4) is 11.8 Å². The predicted octanol–water partition coefficient (Wildman–Crippen LogP) is 5.80. The van der Waals surface area contributed by atoms with Gasteiger partial charge in [0.1, 0.15) is 11.0 Å². The number of hydrogen-bond donors (Lipinski definition) is 1. The molecular formula is C22H27ClN2. The van der Waals surface area contributed by atoms with E-state index in [9.17, 15) is 0 Å². The highest BCUT2D eigenvalue weighted by Crippen LogP contribution is 2.21. The third kappa shape index (κ3) is 6.80. The standard InChI is InChI=1S/C22H27ClN2/c1-3-11-21(23)25-22(24-20-14-9-6-10-15-20)19(4-2)17-16-18-12-7-5-8-13-18/h4-5,7-8,11-13,20H,3,6,9-10,14-15H2,1-2H3,(H,24,25)/b19-4-,21-11+. The predicted molar refractivity (Wildman–Crippen MR) is 109 cm³/mol. The van der Waals surface area contributed by atoms with Crippen LogP contribution in [0.2, 0.25) is 0 Å². The van der Waals surface area contributed by atoms with Crippen molar-refractivity contribution in [3.63, 3.8) is 0 Å². The van der Waals surface area contributed by atoms with Crippen LogP contribution in [-0.2, 0) is 0 Å². The SMILES string of the molecule is C/C=C(/C#Cc1ccccc1)C(=NC1CCCCC1)N/C(Cl)=C/CC. The van der Waals surface area contributed by atoms with Gasteiger partial charge in [-0.15, -0.1) is 0 Å². The molecule has 2 nitrogen and oxygen atoms in total. The van der Waals surface area contributed by atoms with Gasteiger partial charge < -0.3 is 5.32 Å². The summed E-state index contributed by atoms with van der Waals surface area (Å²) < 4.78 is 0. The van der Waals surface area contributed by atoms with Crippen LogP contribution >= 0.6 is 11.6 Å². The maximum atomic E-state index is 6.31. The van der Waals surface area contributed by atoms with Gasteiger partial charge in [0.15, 0.2) is 0 Å². The number of nitrogens with one attached hydrogen (secondary N) is 1. The number of hydrogen-bond acceptors (Lipinski definition) is 1. The van der Waals surface area contributed by atoms with E-state index in [-0.39, 0.29) is 0 Å². The molecule has 0 aliphatic heterocycles. The molecule has 1 N–H and O–H groups in total. The Balaban J connectivity index is 2.26. The number of halogens is 1. The lowest BCUT2D eigenvalue weighted by molar-refractivity contribution is 0.443. The van der Waals surface area contributed by atoms with Crippen LogP contribution in [0.1, 0.15) is 57.9 Å². The molecule has 1 aliphatic carbocycles. The van der Waals surface area contributed by atoms with Crippen LogP contribution in [0.5, 0.6) is 0 Å². The molecule has 2 rings (SSSR count). The second-order valence-electron chi connectivity index (χ2n) is 6.17. The molecule has 0 radical (unpaired) electrons. The smallest absolute Gasteiger partial charge is 0.141 e. The average molecular weight is 355 g/mol. The highest BCUT2D eigenvalue weighted by atomic mass is 35.5. The first-order chi connectivity index (χ1) is 12.2. The molecule has 0 spiro atoms. The Labute approximate surface area is 157 Å². The van der Waals surface area contributed by atoms with E-state index in [1.807, 2.05) is 49.4 Å². The van der Waals surface area contributed by atoms with Crippen molar-refractivity contribution in [1.82, 2.24) is 5.32 Å². The molecule has 1 saturated carbocycles. The van der Waals surface area contributed by atoms with Crippen LogP contribution in [-0.4, -0.2) is 11.9 Å². The molecule has 3 heteroatoms. The normalized spacial score (nSPS) is 17.0. The molecule has 0 heterocycles. The first kappa shape index (κ1) is 19.3. The summed E-state index contributed by atoms with van der Waals surface area (Å²) in [4.78, 5) is 4.95. The minimum absolute atomic E-state index is 0.357. The van der Waals surface area contributed by atoms with Gasteiger partial charge >= 0.3 is 0 Å². The molecule has 0 saturated heterocycles. The summed E-state index contributed by atoms with van der Waals surface area (Å²) in [5, 5.41) is 3.87. The number of amidine groups is 1. The molecule has 0 aromatic heterocycles. The van der Waals surface area contributed by atoms with Gasteiger partial charge in [-0.2, -0.15) is 0 Å². The maximum Gasteiger partial charge on any atom is 0.141 e. The van der Waals surface area contributed by atoms with E-state index in [0.717, 1.165) is 36.2 Å². The Kier molecular flexibility index (Phi) is 8.35. The molecule has 25 heavy (non-hydrogen) atoms. The molecule has 0 bridgehead atoms. The lowest BCUT2D eigenvalue weighted by Gasteiger charge is -2.20. The van der Waals surface area contributed by atoms with Crippen molar-refractivity contribution in [1.29, 1.82) is 0 Å². The Morgan fingerprint density at radius 1 is 1.24 bits per heavy atom. The minimum atomic E-state index is 0.357. The Morgan fingerprint density at radius 3 is 2.60 bits per heavy atom. The average Bonchev–Trinajstić information content (AvgIpc) is 2.64. The van der Waals surface area contributed by atoms with Crippen LogP contribution in [0.25, 0.3) is 0 Å². The van der Waals surface area contributed by atoms with Crippen LogP contribution in [0.3, 0.4) is 0 Å². The van der Waals surface area contributed by atoms with Crippen LogP contribution < -0.4 is 5.32 Å². The van der Waals surface area contributed by atoms with Crippen LogP contribution in [0.4, 0.5) is 0 Å². The number of benzene rings is 1. The summed E-state index contributed by atoms with van der Waals surface area (Å²) in [6, 6.07) is 10.4. The zero-order chi connectivity index (χ0) is 17.9. The number of nitrogens with zero attached hydrogens (tertiary/aromatic N) is 1. The summed E-state index contributed by atoms with van der Waals surface area (Å²) in [6.45, 7) is 4.05. The summed E-state index contributed by atoms with van der Waals surface area (Å²) in [6.07, 6.45) is 10.9. The van der Waals surface area contributed by atoms with Gasteiger partial charge in [0.2, 0.25) is 0 Å². The van der Waals surface area contributed by atoms with Crippen LogP contribution in [0, 0.1) is 11.8 Å². The Hall–Kier alpha value is -1.98. The van der Waals surface area contributed by atoms with E-state index in [1.165, 1.54) is 19.3 Å². The molecule has 0 atom stereocenters. The van der Waals surface area contributed by atoms with Gasteiger partial charge in [0.25, 0.3) is 0 Å². The fourth-order valence-corrected chi connectivity index (χ4v) is 3.08. The summed E-state index contributed by atoms with van der Waals surface area (Å²) in [5.74, 6) is 7.26. The zero-order valence-electron chi connectivity index (χ0n) is 15.2. The van der Waals surface area contributed by atoms with Crippen molar-refractivity contribution in [2.24, 2.45) is 4.99 Å². The molecule has 1 aliphatic rings. The maximum absolute atomic E-state index is 6.31. The van der Waals surface area contributed by atoms with E-state index in [2.05, 4.69) is 24.1 Å². The highest BCUT2D eigenvalue weighted by Gasteiger charge is 2.15. The number of rotatable bonds is 4. The second kappa shape index (κ2) is 10.8. The lowest BCUT2D eigenvalue weighted by atomic mass is 9.96. The van der Waals surface area contributed by atoms with Crippen molar-refractivity contribution in [2.75, 3.05) is 0 Å². The van der Waals surface area contributed by atoms with E-state index in [4.69, 9.17) is 16.6 Å². The highest BCUT2D eigenvalue weighted by molar-refractivity contribution is 6.31. The zero-order valence-corrected chi connectivity index (χ0v) is 15.9. The quantitative estimate of drug-likeness (QED) is 0.314. The first-order valence-corrected chi connectivity index (χ1v) is 9.55. The van der Waals surface area contributed by atoms with Gasteiger partial charge in [-0.25, -0.2) is 0 Å². The fraction of sp³-hybridized carbons (Fsp3) is 0.409. The summed E-state index contributed by atoms with van der Waals surface area (Å²) >= 11 is 6.31. The molecule has 1 fully saturated rings. The third-order valence-electron chi connectivity index (χ3n) is 4.17. The molecule has 1 aromatic rings. The summed E-state index contributed by atoms with van der Waals surface area (Å²) in [7, 11) is 0. The van der Waals surface area contributed by atoms with E-state index in [0.29, 0.717) is 11.2 Å². The van der Waals surface area contributed by atoms with E-state index >= 15 is 0 Å². The van der Waals surface area contributed by atoms with E-state index < -0.39 is 0 Å². The van der Waals surface area contributed by atoms with Gasteiger partial charge in [-0.3, -0.25) is 4.99 Å². The largest absolute Gasteiger partial charge is 0.330 e. The number of aliphatic imine (C=N–C) groups is 1. The van der Waals surface area contributed by atoms with E-state index in [1.54, 1.807) is 0 Å². The van der Waals surface area contributed by atoms with Gasteiger partial charge in [-0.1, -0.05) is 73.9 Å². The molecule has 132 valence electrons. The first-order valence-electron chi connectivity index (χ1n) is 9.17. The monoisotopic (exact) mass is 354 g/mol. The summed E-state index contributed by atoms with van der Waals surface area (Å²) in [5.41, 5.74) is 1.88. The topological polar surface area (TPSA) is 24.4 Å². The van der Waals surface area contributed by atoms with Crippen molar-refractivity contribution >= 4 is 17.4 Å². The van der Waals surface area contributed by atoms with Crippen molar-refractivity contribution in [3.05, 3.63) is 58.8 Å². The van der Waals surface area contributed by atoms with Crippen LogP contribution in [0.15, 0.2) is 58.2 Å². The van der Waals surface area contributed by atoms with Gasteiger partial charge in [0, 0.05) is 5.56 Å². The van der Waals surface area contributed by atoms with Gasteiger partial charge in [0.05, 0.1) is 11.6 Å². The molecular weight excluding hydrogens is 328 g/mol. The fourth-order valence-electron chi connectivity index (χ4n) is 2.83. The number of allylic oxidation sites excluding steroid dienone is 2. The lowest BCUT2D eigenvalue weighted by Crippen LogP contribution is -2.25. The molecule has 1 aromatic carbocycles. The van der Waals surface area contributed by atoms with Crippen molar-refractivity contribution in [2.45, 2.75) is 58.4 Å².